The van der Waals surface area contributed by atoms with Gasteiger partial charge in [-0.2, -0.15) is 13.2 Å². The minimum absolute atomic E-state index is 0.0109. The number of hydrogen-bond donors (Lipinski definition) is 3. The maximum absolute atomic E-state index is 15.6. The number of methoxy groups -OCH3 is 1. The third-order valence-electron chi connectivity index (χ3n) is 7.51. The Morgan fingerprint density at radius 3 is 2.30 bits per heavy atom. The van der Waals surface area contributed by atoms with Crippen LogP contribution in [0.4, 0.5) is 22.0 Å². The summed E-state index contributed by atoms with van der Waals surface area (Å²) < 4.78 is 74.3. The van der Waals surface area contributed by atoms with Gasteiger partial charge < -0.3 is 20.3 Å². The van der Waals surface area contributed by atoms with Gasteiger partial charge in [-0.1, -0.05) is 0 Å². The summed E-state index contributed by atoms with van der Waals surface area (Å²) in [6, 6.07) is 9.57. The van der Waals surface area contributed by atoms with Crippen LogP contribution in [0.5, 0.6) is 5.75 Å². The zero-order chi connectivity index (χ0) is 31.3. The van der Waals surface area contributed by atoms with Crippen molar-refractivity contribution in [1.29, 1.82) is 0 Å². The zero-order valence-electron chi connectivity index (χ0n) is 23.4. The molecule has 1 atom stereocenters. The van der Waals surface area contributed by atoms with Gasteiger partial charge >= 0.3 is 6.18 Å². The lowest BCUT2D eigenvalue weighted by Gasteiger charge is -2.31. The zero-order valence-corrected chi connectivity index (χ0v) is 23.4. The van der Waals surface area contributed by atoms with Crippen molar-refractivity contribution in [3.05, 3.63) is 88.7 Å². The Labute approximate surface area is 243 Å². The number of rotatable bonds is 8. The van der Waals surface area contributed by atoms with Crippen LogP contribution in [-0.2, 0) is 17.4 Å². The molecule has 2 heterocycles. The number of ether oxygens (including phenoxy) is 1. The van der Waals surface area contributed by atoms with E-state index in [0.29, 0.717) is 19.0 Å². The van der Waals surface area contributed by atoms with E-state index in [-0.39, 0.29) is 57.2 Å². The molecule has 0 unspecified atom stereocenters. The van der Waals surface area contributed by atoms with Gasteiger partial charge in [0.05, 0.1) is 30.5 Å². The molecule has 3 N–H and O–H groups in total. The number of carbonyl (C=O) groups excluding carboxylic acids is 1. The average molecular weight is 602 g/mol. The summed E-state index contributed by atoms with van der Waals surface area (Å²) in [4.78, 5) is 21.5. The molecule has 0 spiro atoms. The number of nitrogens with zero attached hydrogens (tertiary/aromatic N) is 2. The van der Waals surface area contributed by atoms with Crippen LogP contribution in [0.1, 0.15) is 53.9 Å². The van der Waals surface area contributed by atoms with E-state index in [2.05, 4.69) is 15.3 Å². The number of aliphatic hydroxyl groups is 2. The van der Waals surface area contributed by atoms with Crippen molar-refractivity contribution in [2.45, 2.75) is 44.1 Å². The summed E-state index contributed by atoms with van der Waals surface area (Å²) in [6.07, 6.45) is -2.82. The molecule has 0 saturated heterocycles. The Bertz CT molecular complexity index is 1700. The number of nitrogens with one attached hydrogen (secondary N) is 1. The van der Waals surface area contributed by atoms with Gasteiger partial charge in [0.15, 0.2) is 5.82 Å². The molecular formula is C31H28F5N3O4. The van der Waals surface area contributed by atoms with Crippen molar-refractivity contribution in [1.82, 2.24) is 15.3 Å². The Kier molecular flexibility index (Phi) is 7.64. The molecule has 1 aliphatic rings. The van der Waals surface area contributed by atoms with Crippen molar-refractivity contribution in [2.24, 2.45) is 5.92 Å². The van der Waals surface area contributed by atoms with E-state index in [1.807, 2.05) is 0 Å². The van der Waals surface area contributed by atoms with E-state index in [9.17, 15) is 32.6 Å². The molecule has 12 heteroatoms. The second kappa shape index (κ2) is 10.8. The van der Waals surface area contributed by atoms with Gasteiger partial charge in [0, 0.05) is 28.3 Å². The predicted octanol–water partition coefficient (Wildman–Crippen LogP) is 5.86. The number of aromatic nitrogens is 2. The Balaban J connectivity index is 1.52. The Hall–Kier alpha value is -4.16. The summed E-state index contributed by atoms with van der Waals surface area (Å²) in [6.45, 7) is 2.35. The third kappa shape index (κ3) is 6.02. The topological polar surface area (TPSA) is 105 Å². The molecular weight excluding hydrogens is 573 g/mol. The molecule has 0 aliphatic heterocycles. The molecule has 1 amide bonds. The predicted molar refractivity (Wildman–Crippen MR) is 147 cm³/mol. The highest BCUT2D eigenvalue weighted by atomic mass is 19.4. The fourth-order valence-electron chi connectivity index (χ4n) is 4.98. The molecule has 226 valence electrons. The minimum atomic E-state index is -4.65. The molecule has 5 rings (SSSR count). The van der Waals surface area contributed by atoms with Crippen molar-refractivity contribution in [2.75, 3.05) is 13.7 Å². The van der Waals surface area contributed by atoms with E-state index < -0.39 is 40.5 Å². The van der Waals surface area contributed by atoms with Crippen LogP contribution in [0, 0.1) is 17.6 Å². The van der Waals surface area contributed by atoms with E-state index in [1.165, 1.54) is 51.3 Å². The summed E-state index contributed by atoms with van der Waals surface area (Å²) >= 11 is 0. The van der Waals surface area contributed by atoms with Gasteiger partial charge in [0.1, 0.15) is 28.4 Å². The molecule has 0 radical (unpaired) electrons. The molecule has 7 nitrogen and oxygen atoms in total. The van der Waals surface area contributed by atoms with Gasteiger partial charge in [-0.25, -0.2) is 13.8 Å². The van der Waals surface area contributed by atoms with Crippen LogP contribution in [0.3, 0.4) is 0 Å². The number of carbonyl (C=O) groups is 1. The van der Waals surface area contributed by atoms with E-state index in [4.69, 9.17) is 4.74 Å². The normalized spacial score (nSPS) is 15.3. The lowest BCUT2D eigenvalue weighted by atomic mass is 9.87. The summed E-state index contributed by atoms with van der Waals surface area (Å²) in [5, 5.41) is 25.3. The monoisotopic (exact) mass is 601 g/mol. The number of hydrogen-bond acceptors (Lipinski definition) is 6. The first-order valence-corrected chi connectivity index (χ1v) is 13.4. The highest BCUT2D eigenvalue weighted by Crippen LogP contribution is 2.46. The molecule has 0 bridgehead atoms. The SMILES string of the molecule is COc1cc(C(=O)NC[C@](O)(c2cc(C(C)(C)O)c(F)c(-c3ccc(F)cc3)n2)C2CC2)cc2cc(C(F)(F)F)cnc12. The first kappa shape index (κ1) is 30.3. The summed E-state index contributed by atoms with van der Waals surface area (Å²) in [7, 11) is 1.29. The van der Waals surface area contributed by atoms with Crippen molar-refractivity contribution < 1.29 is 41.7 Å². The largest absolute Gasteiger partial charge is 0.494 e. The van der Waals surface area contributed by atoms with Crippen LogP contribution in [-0.4, -0.2) is 39.7 Å². The van der Waals surface area contributed by atoms with Crippen molar-refractivity contribution in [3.63, 3.8) is 0 Å². The van der Waals surface area contributed by atoms with E-state index >= 15 is 4.39 Å². The standard InChI is InChI=1S/C31H28F5N3O4/c1-29(2,41)22-13-24(39-27(25(22)33)16-4-8-21(32)9-5-16)30(42,19-6-7-19)15-38-28(40)18-10-17-11-20(31(34,35)36)14-37-26(17)23(12-18)43-3/h4-5,8-14,19,41-42H,6-7,15H2,1-3H3,(H,38,40)/t30-/m1/s1. The molecule has 1 fully saturated rings. The van der Waals surface area contributed by atoms with Gasteiger partial charge in [-0.05, 0) is 81.1 Å². The fraction of sp³-hybridized carbons (Fsp3) is 0.323. The fourth-order valence-corrected chi connectivity index (χ4v) is 4.98. The minimum Gasteiger partial charge on any atom is -0.494 e. The number of amides is 1. The van der Waals surface area contributed by atoms with E-state index in [0.717, 1.165) is 18.2 Å². The van der Waals surface area contributed by atoms with E-state index in [1.54, 1.807) is 0 Å². The first-order valence-electron chi connectivity index (χ1n) is 13.4. The number of fused-ring (bicyclic) bond motifs is 1. The van der Waals surface area contributed by atoms with Crippen molar-refractivity contribution in [3.8, 4) is 17.0 Å². The van der Waals surface area contributed by atoms with Gasteiger partial charge in [0.25, 0.3) is 5.91 Å². The summed E-state index contributed by atoms with van der Waals surface area (Å²) in [5.74, 6) is -2.41. The van der Waals surface area contributed by atoms with Crippen LogP contribution in [0.25, 0.3) is 22.2 Å². The number of pyridine rings is 2. The number of alkyl halides is 3. The molecule has 2 aromatic heterocycles. The first-order chi connectivity index (χ1) is 20.1. The van der Waals surface area contributed by atoms with Gasteiger partial charge in [0.2, 0.25) is 0 Å². The molecule has 43 heavy (non-hydrogen) atoms. The lowest BCUT2D eigenvalue weighted by Crippen LogP contribution is -2.43. The van der Waals surface area contributed by atoms with Crippen molar-refractivity contribution >= 4 is 16.8 Å². The second-order valence-corrected chi connectivity index (χ2v) is 11.1. The molecule has 1 aliphatic carbocycles. The van der Waals surface area contributed by atoms with Gasteiger partial charge in [-0.15, -0.1) is 0 Å². The smallest absolute Gasteiger partial charge is 0.417 e. The molecule has 4 aromatic rings. The average Bonchev–Trinajstić information content (AvgIpc) is 3.80. The number of halogens is 5. The molecule has 1 saturated carbocycles. The summed E-state index contributed by atoms with van der Waals surface area (Å²) in [5.41, 5.74) is -4.57. The number of benzene rings is 2. The Morgan fingerprint density at radius 2 is 1.72 bits per heavy atom. The lowest BCUT2D eigenvalue weighted by molar-refractivity contribution is -0.137. The van der Waals surface area contributed by atoms with Crippen LogP contribution < -0.4 is 10.1 Å². The Morgan fingerprint density at radius 1 is 1.05 bits per heavy atom. The quantitative estimate of drug-likeness (QED) is 0.219. The third-order valence-corrected chi connectivity index (χ3v) is 7.51. The van der Waals surface area contributed by atoms with Gasteiger partial charge in [-0.3, -0.25) is 9.78 Å². The molecule has 2 aromatic carbocycles. The highest BCUT2D eigenvalue weighted by molar-refractivity contribution is 6.00. The van der Waals surface area contributed by atoms with Crippen LogP contribution in [0.15, 0.2) is 54.7 Å². The van der Waals surface area contributed by atoms with Crippen LogP contribution in [0.2, 0.25) is 0 Å². The second-order valence-electron chi connectivity index (χ2n) is 11.1. The maximum Gasteiger partial charge on any atom is 0.417 e. The highest BCUT2D eigenvalue weighted by Gasteiger charge is 2.47. The van der Waals surface area contributed by atoms with Crippen LogP contribution >= 0.6 is 0 Å². The maximum atomic E-state index is 15.6.